The number of hydrogen-bond acceptors (Lipinski definition) is 4. The molecule has 0 spiro atoms. The maximum absolute atomic E-state index is 12.5. The first kappa shape index (κ1) is 29.1. The SMILES string of the molecule is Cn1c(=O)n(C)c2cc(-c3ccc(-c4cc(-c5cccc(-c6cccc7sc8ccccc8c67)c5)nc(-c5ccccc5)n4)cc3)ccc21. The first-order valence-electron chi connectivity index (χ1n) is 16.2. The quantitative estimate of drug-likeness (QED) is 0.186. The Labute approximate surface area is 287 Å². The normalized spacial score (nSPS) is 11.6. The lowest BCUT2D eigenvalue weighted by molar-refractivity contribution is 0.795. The fourth-order valence-electron chi connectivity index (χ4n) is 6.84. The minimum Gasteiger partial charge on any atom is -0.295 e. The predicted molar refractivity (Wildman–Crippen MR) is 204 cm³/mol. The standard InChI is InChI=1S/C43H30N4OS/c1-46-37-23-22-30(25-38(37)47(2)43(46)48)27-18-20-28(21-19-27)35-26-36(45-42(44-35)29-10-4-3-5-11-29)32-13-8-12-31(24-32)33-15-9-17-40-41(33)34-14-6-7-16-39(34)49-40/h3-26H,1-2H3. The van der Waals surface area contributed by atoms with Crippen molar-refractivity contribution in [2.45, 2.75) is 0 Å². The van der Waals surface area contributed by atoms with Crippen molar-refractivity contribution in [2.24, 2.45) is 14.1 Å². The van der Waals surface area contributed by atoms with Crippen LogP contribution in [0.2, 0.25) is 0 Å². The van der Waals surface area contributed by atoms with Gasteiger partial charge in [0.25, 0.3) is 0 Å². The summed E-state index contributed by atoms with van der Waals surface area (Å²) in [5, 5.41) is 2.58. The van der Waals surface area contributed by atoms with E-state index >= 15 is 0 Å². The molecule has 0 saturated heterocycles. The van der Waals surface area contributed by atoms with E-state index in [4.69, 9.17) is 9.97 Å². The van der Waals surface area contributed by atoms with Gasteiger partial charge >= 0.3 is 5.69 Å². The van der Waals surface area contributed by atoms with E-state index in [0.717, 1.165) is 55.8 Å². The molecule has 9 rings (SSSR count). The highest BCUT2D eigenvalue weighted by molar-refractivity contribution is 7.25. The number of benzene rings is 6. The van der Waals surface area contributed by atoms with Crippen LogP contribution in [0.3, 0.4) is 0 Å². The molecule has 3 heterocycles. The molecular formula is C43H30N4OS. The van der Waals surface area contributed by atoms with Gasteiger partial charge in [-0.05, 0) is 58.7 Å². The predicted octanol–water partition coefficient (Wildman–Crippen LogP) is 10.4. The average molecular weight is 651 g/mol. The Kier molecular flexibility index (Phi) is 6.85. The van der Waals surface area contributed by atoms with Gasteiger partial charge in [0.1, 0.15) is 0 Å². The summed E-state index contributed by atoms with van der Waals surface area (Å²) in [7, 11) is 3.62. The van der Waals surface area contributed by atoms with E-state index in [0.29, 0.717) is 5.82 Å². The number of imidazole rings is 1. The van der Waals surface area contributed by atoms with Gasteiger partial charge in [0.15, 0.2) is 5.82 Å². The average Bonchev–Trinajstić information content (AvgIpc) is 3.65. The molecule has 5 nitrogen and oxygen atoms in total. The largest absolute Gasteiger partial charge is 0.328 e. The first-order valence-corrected chi connectivity index (χ1v) is 17.1. The van der Waals surface area contributed by atoms with E-state index in [1.807, 2.05) is 42.6 Å². The number of fused-ring (bicyclic) bond motifs is 4. The lowest BCUT2D eigenvalue weighted by atomic mass is 9.96. The molecule has 0 atom stereocenters. The van der Waals surface area contributed by atoms with Gasteiger partial charge in [-0.2, -0.15) is 0 Å². The molecule has 0 unspecified atom stereocenters. The molecule has 0 aliphatic rings. The molecule has 3 aromatic heterocycles. The summed E-state index contributed by atoms with van der Waals surface area (Å²) in [5.41, 5.74) is 11.0. The summed E-state index contributed by atoms with van der Waals surface area (Å²) in [6.45, 7) is 0. The summed E-state index contributed by atoms with van der Waals surface area (Å²) in [6, 6.07) is 50.8. The molecule has 0 saturated carbocycles. The molecule has 0 bridgehead atoms. The molecule has 6 aromatic carbocycles. The lowest BCUT2D eigenvalue weighted by Crippen LogP contribution is -2.19. The highest BCUT2D eigenvalue weighted by atomic mass is 32.1. The molecular weight excluding hydrogens is 621 g/mol. The Hall–Kier alpha value is -6.11. The van der Waals surface area contributed by atoms with Gasteiger partial charge in [0, 0.05) is 51.0 Å². The lowest BCUT2D eigenvalue weighted by Gasteiger charge is -2.12. The Morgan fingerprint density at radius 3 is 1.96 bits per heavy atom. The van der Waals surface area contributed by atoms with Crippen LogP contribution in [-0.4, -0.2) is 19.1 Å². The van der Waals surface area contributed by atoms with Crippen molar-refractivity contribution in [3.05, 3.63) is 156 Å². The third-order valence-corrected chi connectivity index (χ3v) is 10.6. The first-order chi connectivity index (χ1) is 24.0. The third-order valence-electron chi connectivity index (χ3n) is 9.42. The van der Waals surface area contributed by atoms with Gasteiger partial charge < -0.3 is 0 Å². The molecule has 6 heteroatoms. The zero-order valence-electron chi connectivity index (χ0n) is 27.0. The third kappa shape index (κ3) is 4.96. The minimum atomic E-state index is -0.0289. The second-order valence-corrected chi connectivity index (χ2v) is 13.5. The van der Waals surface area contributed by atoms with Gasteiger partial charge in [-0.25, -0.2) is 14.8 Å². The van der Waals surface area contributed by atoms with Crippen LogP contribution in [-0.2, 0) is 14.1 Å². The van der Waals surface area contributed by atoms with Gasteiger partial charge in [-0.15, -0.1) is 11.3 Å². The van der Waals surface area contributed by atoms with Crippen molar-refractivity contribution < 1.29 is 0 Å². The van der Waals surface area contributed by atoms with Gasteiger partial charge in [-0.3, -0.25) is 9.13 Å². The van der Waals surface area contributed by atoms with Crippen LogP contribution in [0.1, 0.15) is 0 Å². The van der Waals surface area contributed by atoms with Crippen LogP contribution in [0.25, 0.3) is 87.4 Å². The highest BCUT2D eigenvalue weighted by Crippen LogP contribution is 2.41. The van der Waals surface area contributed by atoms with E-state index in [1.165, 1.54) is 25.7 Å². The molecule has 9 aromatic rings. The summed E-state index contributed by atoms with van der Waals surface area (Å²) in [5.74, 6) is 0.684. The molecule has 0 fully saturated rings. The number of rotatable bonds is 5. The Bertz CT molecular complexity index is 2760. The molecule has 0 aliphatic heterocycles. The van der Waals surface area contributed by atoms with Crippen molar-refractivity contribution in [2.75, 3.05) is 0 Å². The number of thiophene rings is 1. The zero-order valence-corrected chi connectivity index (χ0v) is 27.8. The van der Waals surface area contributed by atoms with Crippen molar-refractivity contribution in [3.63, 3.8) is 0 Å². The number of aromatic nitrogens is 4. The molecule has 0 aliphatic carbocycles. The van der Waals surface area contributed by atoms with E-state index in [2.05, 4.69) is 121 Å². The Morgan fingerprint density at radius 1 is 0.490 bits per heavy atom. The number of hydrogen-bond donors (Lipinski definition) is 0. The van der Waals surface area contributed by atoms with Crippen LogP contribution in [0.5, 0.6) is 0 Å². The van der Waals surface area contributed by atoms with Gasteiger partial charge in [-0.1, -0.05) is 109 Å². The van der Waals surface area contributed by atoms with Crippen molar-refractivity contribution in [1.29, 1.82) is 0 Å². The topological polar surface area (TPSA) is 52.7 Å². The van der Waals surface area contributed by atoms with Gasteiger partial charge in [0.05, 0.1) is 22.4 Å². The monoisotopic (exact) mass is 650 g/mol. The molecule has 0 radical (unpaired) electrons. The summed E-state index contributed by atoms with van der Waals surface area (Å²) >= 11 is 1.84. The number of aryl methyl sites for hydroxylation is 2. The van der Waals surface area contributed by atoms with E-state index in [-0.39, 0.29) is 5.69 Å². The fourth-order valence-corrected chi connectivity index (χ4v) is 7.97. The van der Waals surface area contributed by atoms with Crippen LogP contribution in [0.4, 0.5) is 0 Å². The van der Waals surface area contributed by atoms with E-state index in [1.54, 1.807) is 16.2 Å². The van der Waals surface area contributed by atoms with E-state index < -0.39 is 0 Å². The Balaban J connectivity index is 1.14. The van der Waals surface area contributed by atoms with Crippen LogP contribution in [0.15, 0.2) is 150 Å². The molecule has 0 N–H and O–H groups in total. The van der Waals surface area contributed by atoms with Gasteiger partial charge in [0.2, 0.25) is 0 Å². The maximum Gasteiger partial charge on any atom is 0.328 e. The summed E-state index contributed by atoms with van der Waals surface area (Å²) < 4.78 is 5.96. The van der Waals surface area contributed by atoms with Crippen LogP contribution < -0.4 is 5.69 Å². The van der Waals surface area contributed by atoms with E-state index in [9.17, 15) is 4.79 Å². The maximum atomic E-state index is 12.5. The second-order valence-electron chi connectivity index (χ2n) is 12.4. The van der Waals surface area contributed by atoms with Crippen LogP contribution >= 0.6 is 11.3 Å². The van der Waals surface area contributed by atoms with Crippen molar-refractivity contribution in [3.8, 4) is 56.2 Å². The summed E-state index contributed by atoms with van der Waals surface area (Å²) in [4.78, 5) is 22.7. The zero-order chi connectivity index (χ0) is 33.1. The van der Waals surface area contributed by atoms with Crippen molar-refractivity contribution in [1.82, 2.24) is 19.1 Å². The fraction of sp³-hybridized carbons (Fsp3) is 0.0465. The summed E-state index contributed by atoms with van der Waals surface area (Å²) in [6.07, 6.45) is 0. The highest BCUT2D eigenvalue weighted by Gasteiger charge is 2.15. The molecule has 49 heavy (non-hydrogen) atoms. The number of nitrogens with zero attached hydrogens (tertiary/aromatic N) is 4. The van der Waals surface area contributed by atoms with Crippen molar-refractivity contribution >= 4 is 42.5 Å². The minimum absolute atomic E-state index is 0.0289. The Morgan fingerprint density at radius 2 is 1.12 bits per heavy atom. The smallest absolute Gasteiger partial charge is 0.295 e. The molecule has 234 valence electrons. The molecule has 0 amide bonds. The van der Waals surface area contributed by atoms with Crippen LogP contribution in [0, 0.1) is 0 Å². The second kappa shape index (κ2) is 11.5.